The molecule has 31 heavy (non-hydrogen) atoms. The lowest BCUT2D eigenvalue weighted by Gasteiger charge is -2.19. The van der Waals surface area contributed by atoms with E-state index in [0.29, 0.717) is 34.9 Å². The first-order valence-corrected chi connectivity index (χ1v) is 10.9. The van der Waals surface area contributed by atoms with Crippen LogP contribution in [0.1, 0.15) is 24.3 Å². The van der Waals surface area contributed by atoms with Crippen LogP contribution in [0.15, 0.2) is 78.1 Å². The Bertz CT molecular complexity index is 1070. The highest BCUT2D eigenvalue weighted by Crippen LogP contribution is 2.65. The summed E-state index contributed by atoms with van der Waals surface area (Å²) >= 11 is 18.7. The molecule has 4 nitrogen and oxygen atoms in total. The van der Waals surface area contributed by atoms with Crippen LogP contribution in [0.2, 0.25) is 5.02 Å². The number of benzene rings is 2. The Labute approximate surface area is 195 Å². The normalized spacial score (nSPS) is 22.4. The molecule has 0 radical (unpaired) electrons. The Morgan fingerprint density at radius 2 is 1.84 bits per heavy atom. The van der Waals surface area contributed by atoms with Crippen LogP contribution in [-0.4, -0.2) is 16.4 Å². The van der Waals surface area contributed by atoms with Gasteiger partial charge in [-0.25, -0.2) is 0 Å². The second-order valence-electron chi connectivity index (χ2n) is 7.41. The minimum atomic E-state index is -1.28. The fourth-order valence-electron chi connectivity index (χ4n) is 3.68. The number of para-hydroxylation sites is 1. The Hall–Kier alpha value is -2.45. The summed E-state index contributed by atoms with van der Waals surface area (Å²) in [4.78, 5) is 12.8. The minimum absolute atomic E-state index is 0.419. The summed E-state index contributed by atoms with van der Waals surface area (Å²) in [7, 11) is 0. The van der Waals surface area contributed by atoms with E-state index in [1.54, 1.807) is 30.3 Å². The minimum Gasteiger partial charge on any atom is -0.458 e. The average molecular weight is 475 g/mol. The van der Waals surface area contributed by atoms with Crippen molar-refractivity contribution in [3.63, 3.8) is 0 Å². The molecule has 7 heteroatoms. The SMILES string of the molecule is N#CC(OC(=O)C1C(c2ccc(Cl)cc2)C1(Cl)Cl)C1=CC(Oc2ccccc2)=CCC1. The van der Waals surface area contributed by atoms with Crippen LogP contribution in [0, 0.1) is 17.2 Å². The van der Waals surface area contributed by atoms with Gasteiger partial charge in [0.1, 0.15) is 27.8 Å². The molecule has 158 valence electrons. The Morgan fingerprint density at radius 3 is 2.52 bits per heavy atom. The molecule has 3 atom stereocenters. The van der Waals surface area contributed by atoms with E-state index in [0.717, 1.165) is 5.56 Å². The number of esters is 1. The van der Waals surface area contributed by atoms with Crippen molar-refractivity contribution in [2.45, 2.75) is 29.2 Å². The number of nitriles is 1. The van der Waals surface area contributed by atoms with Crippen LogP contribution in [0.3, 0.4) is 0 Å². The molecule has 4 rings (SSSR count). The molecule has 0 bridgehead atoms. The molecule has 2 aromatic carbocycles. The van der Waals surface area contributed by atoms with Gasteiger partial charge in [-0.2, -0.15) is 5.26 Å². The molecule has 1 saturated carbocycles. The van der Waals surface area contributed by atoms with Gasteiger partial charge < -0.3 is 9.47 Å². The van der Waals surface area contributed by atoms with Gasteiger partial charge in [-0.15, -0.1) is 0 Å². The fourth-order valence-corrected chi connectivity index (χ4v) is 4.61. The van der Waals surface area contributed by atoms with Crippen molar-refractivity contribution in [3.05, 3.63) is 88.7 Å². The monoisotopic (exact) mass is 473 g/mol. The summed E-state index contributed by atoms with van der Waals surface area (Å²) in [5.74, 6) is -0.477. The smallest absolute Gasteiger partial charge is 0.314 e. The van der Waals surface area contributed by atoms with Gasteiger partial charge in [-0.05, 0) is 60.4 Å². The first kappa shape index (κ1) is 21.8. The lowest BCUT2D eigenvalue weighted by Crippen LogP contribution is -2.22. The van der Waals surface area contributed by atoms with E-state index in [1.807, 2.05) is 36.4 Å². The number of ether oxygens (including phenoxy) is 2. The number of alkyl halides is 2. The summed E-state index contributed by atoms with van der Waals surface area (Å²) in [6, 6.07) is 18.4. The zero-order chi connectivity index (χ0) is 22.0. The zero-order valence-electron chi connectivity index (χ0n) is 16.3. The molecule has 2 aliphatic rings. The number of rotatable bonds is 6. The first-order valence-electron chi connectivity index (χ1n) is 9.77. The molecule has 0 N–H and O–H groups in total. The van der Waals surface area contributed by atoms with Crippen molar-refractivity contribution in [2.24, 2.45) is 5.92 Å². The molecule has 2 aliphatic carbocycles. The second kappa shape index (κ2) is 8.96. The molecule has 0 spiro atoms. The van der Waals surface area contributed by atoms with Crippen molar-refractivity contribution in [2.75, 3.05) is 0 Å². The molecule has 0 amide bonds. The number of carbonyl (C=O) groups is 1. The highest BCUT2D eigenvalue weighted by atomic mass is 35.5. The molecule has 0 heterocycles. The van der Waals surface area contributed by atoms with E-state index in [-0.39, 0.29) is 0 Å². The highest BCUT2D eigenvalue weighted by molar-refractivity contribution is 6.53. The quantitative estimate of drug-likeness (QED) is 0.362. The van der Waals surface area contributed by atoms with Crippen LogP contribution in [0.25, 0.3) is 0 Å². The lowest BCUT2D eigenvalue weighted by atomic mass is 9.99. The van der Waals surface area contributed by atoms with Crippen LogP contribution < -0.4 is 4.74 Å². The Morgan fingerprint density at radius 1 is 1.13 bits per heavy atom. The van der Waals surface area contributed by atoms with Crippen LogP contribution in [0.5, 0.6) is 5.75 Å². The van der Waals surface area contributed by atoms with E-state index >= 15 is 0 Å². The van der Waals surface area contributed by atoms with E-state index < -0.39 is 28.2 Å². The van der Waals surface area contributed by atoms with Crippen LogP contribution in [-0.2, 0) is 9.53 Å². The van der Waals surface area contributed by atoms with E-state index in [4.69, 9.17) is 44.3 Å². The topological polar surface area (TPSA) is 59.3 Å². The molecule has 0 saturated heterocycles. The van der Waals surface area contributed by atoms with Gasteiger partial charge in [-0.3, -0.25) is 4.79 Å². The predicted octanol–water partition coefficient (Wildman–Crippen LogP) is 6.35. The van der Waals surface area contributed by atoms with Crippen molar-refractivity contribution in [1.29, 1.82) is 5.26 Å². The maximum absolute atomic E-state index is 12.8. The summed E-state index contributed by atoms with van der Waals surface area (Å²) in [6.45, 7) is 0. The van der Waals surface area contributed by atoms with Gasteiger partial charge in [0.2, 0.25) is 6.10 Å². The van der Waals surface area contributed by atoms with Crippen molar-refractivity contribution >= 4 is 40.8 Å². The molecule has 3 unspecified atom stereocenters. The second-order valence-corrected chi connectivity index (χ2v) is 9.29. The number of halogens is 3. The standard InChI is InChI=1S/C24H18Cl3NO3/c25-17-11-9-15(10-12-17)21-22(24(21,26)27)23(29)31-20(14-28)16-5-4-8-19(13-16)30-18-6-2-1-3-7-18/h1-3,6-13,20-22H,4-5H2. The summed E-state index contributed by atoms with van der Waals surface area (Å²) in [6.07, 6.45) is 3.91. The summed E-state index contributed by atoms with van der Waals surface area (Å²) < 4.78 is 10.1. The first-order chi connectivity index (χ1) is 14.9. The maximum atomic E-state index is 12.8. The third-order valence-electron chi connectivity index (χ3n) is 5.31. The number of carbonyl (C=O) groups excluding carboxylic acids is 1. The number of hydrogen-bond donors (Lipinski definition) is 0. The lowest BCUT2D eigenvalue weighted by molar-refractivity contribution is -0.147. The van der Waals surface area contributed by atoms with Crippen LogP contribution >= 0.6 is 34.8 Å². The van der Waals surface area contributed by atoms with Crippen molar-refractivity contribution in [1.82, 2.24) is 0 Å². The van der Waals surface area contributed by atoms with E-state index in [2.05, 4.69) is 6.07 Å². The molecular weight excluding hydrogens is 457 g/mol. The Kier molecular flexibility index (Phi) is 6.29. The molecule has 0 aromatic heterocycles. The van der Waals surface area contributed by atoms with Gasteiger partial charge in [0, 0.05) is 10.9 Å². The fraction of sp³-hybridized carbons (Fsp3) is 0.250. The molecular formula is C24H18Cl3NO3. The largest absolute Gasteiger partial charge is 0.458 e. The summed E-state index contributed by atoms with van der Waals surface area (Å²) in [5.41, 5.74) is 1.46. The maximum Gasteiger partial charge on any atom is 0.314 e. The van der Waals surface area contributed by atoms with Gasteiger partial charge in [0.05, 0.1) is 0 Å². The Balaban J connectivity index is 1.45. The molecule has 0 aliphatic heterocycles. The van der Waals surface area contributed by atoms with E-state index in [1.165, 1.54) is 0 Å². The number of hydrogen-bond acceptors (Lipinski definition) is 4. The predicted molar refractivity (Wildman–Crippen MR) is 120 cm³/mol. The molecule has 1 fully saturated rings. The highest BCUT2D eigenvalue weighted by Gasteiger charge is 2.68. The van der Waals surface area contributed by atoms with Crippen LogP contribution in [0.4, 0.5) is 0 Å². The number of allylic oxidation sites excluding steroid dienone is 2. The third-order valence-corrected chi connectivity index (χ3v) is 6.50. The summed E-state index contributed by atoms with van der Waals surface area (Å²) in [5, 5.41) is 10.2. The van der Waals surface area contributed by atoms with Gasteiger partial charge in [-0.1, -0.05) is 65.1 Å². The van der Waals surface area contributed by atoms with Crippen molar-refractivity contribution < 1.29 is 14.3 Å². The average Bonchev–Trinajstić information content (AvgIpc) is 3.35. The van der Waals surface area contributed by atoms with Gasteiger partial charge >= 0.3 is 5.97 Å². The third kappa shape index (κ3) is 4.75. The van der Waals surface area contributed by atoms with Crippen molar-refractivity contribution in [3.8, 4) is 11.8 Å². The van der Waals surface area contributed by atoms with Gasteiger partial charge in [0.15, 0.2) is 0 Å². The van der Waals surface area contributed by atoms with E-state index in [9.17, 15) is 10.1 Å². The molecule has 2 aromatic rings. The van der Waals surface area contributed by atoms with Gasteiger partial charge in [0.25, 0.3) is 0 Å². The number of nitrogens with zero attached hydrogens (tertiary/aromatic N) is 1. The zero-order valence-corrected chi connectivity index (χ0v) is 18.6.